The topological polar surface area (TPSA) is 135 Å². The molecule has 5 heterocycles. The summed E-state index contributed by atoms with van der Waals surface area (Å²) in [6.07, 6.45) is 15.3. The van der Waals surface area contributed by atoms with Gasteiger partial charge in [0.15, 0.2) is 0 Å². The molecule has 0 aliphatic heterocycles. The molecule has 8 aromatic rings. The first-order valence-corrected chi connectivity index (χ1v) is 27.5. The quantitative estimate of drug-likeness (QED) is 0.162. The first kappa shape index (κ1) is 47.6. The maximum atomic E-state index is 11.7. The molecular formula is C53H58N6O2S5. The maximum absolute atomic E-state index is 11.7. The highest BCUT2D eigenvalue weighted by Gasteiger charge is 2.29. The summed E-state index contributed by atoms with van der Waals surface area (Å²) in [7, 11) is 0. The lowest BCUT2D eigenvalue weighted by molar-refractivity contribution is -0.121. The van der Waals surface area contributed by atoms with Gasteiger partial charge in [0.1, 0.15) is 25.8 Å². The number of hydrogen-bond acceptors (Lipinski definition) is 12. The third-order valence-electron chi connectivity index (χ3n) is 13.0. The molecule has 0 spiro atoms. The number of para-hydroxylation sites is 3. The van der Waals surface area contributed by atoms with Crippen molar-refractivity contribution >= 4 is 109 Å². The number of nitrogens with one attached hydrogen (secondary N) is 1. The number of amides is 1. The zero-order chi connectivity index (χ0) is 46.2. The molecule has 342 valence electrons. The van der Waals surface area contributed by atoms with Crippen molar-refractivity contribution in [2.45, 2.75) is 118 Å². The fourth-order valence-corrected chi connectivity index (χ4v) is 14.9. The number of rotatable bonds is 7. The van der Waals surface area contributed by atoms with E-state index in [0.717, 1.165) is 109 Å². The summed E-state index contributed by atoms with van der Waals surface area (Å²) in [6.45, 7) is 8.35. The molecular weight excluding hydrogens is 913 g/mol. The Kier molecular flexibility index (Phi) is 16.1. The van der Waals surface area contributed by atoms with Crippen molar-refractivity contribution in [1.82, 2.24) is 15.0 Å². The number of thiophene rings is 2. The fourth-order valence-electron chi connectivity index (χ4n) is 9.16. The van der Waals surface area contributed by atoms with Crippen LogP contribution in [-0.2, 0) is 41.7 Å². The Bertz CT molecular complexity index is 2870. The van der Waals surface area contributed by atoms with Gasteiger partial charge in [-0.2, -0.15) is 5.26 Å². The second kappa shape index (κ2) is 22.3. The number of nitrogens with two attached hydrogens (primary N) is 1. The Hall–Kier alpha value is -4.84. The van der Waals surface area contributed by atoms with Crippen LogP contribution in [0.1, 0.15) is 111 Å². The fraction of sp³-hybridized carbons (Fsp3) is 0.396. The number of aromatic nitrogens is 3. The lowest BCUT2D eigenvalue weighted by atomic mass is 9.86. The maximum Gasteiger partial charge on any atom is 0.221 e. The van der Waals surface area contributed by atoms with Gasteiger partial charge < -0.3 is 11.1 Å². The van der Waals surface area contributed by atoms with Gasteiger partial charge in [0.25, 0.3) is 0 Å². The summed E-state index contributed by atoms with van der Waals surface area (Å²) in [6, 6.07) is 26.6. The van der Waals surface area contributed by atoms with E-state index in [-0.39, 0.29) is 5.91 Å². The number of nitriles is 1. The number of carbonyl (C=O) groups excluding carboxylic acids is 2. The minimum Gasteiger partial charge on any atom is -0.390 e. The van der Waals surface area contributed by atoms with E-state index in [1.807, 2.05) is 42.5 Å². The van der Waals surface area contributed by atoms with E-state index in [2.05, 4.69) is 67.5 Å². The van der Waals surface area contributed by atoms with Gasteiger partial charge in [0, 0.05) is 40.6 Å². The van der Waals surface area contributed by atoms with Crippen LogP contribution in [0.5, 0.6) is 0 Å². The summed E-state index contributed by atoms with van der Waals surface area (Å²) in [4.78, 5) is 39.3. The van der Waals surface area contributed by atoms with Crippen LogP contribution >= 0.6 is 56.7 Å². The van der Waals surface area contributed by atoms with Gasteiger partial charge >= 0.3 is 0 Å². The van der Waals surface area contributed by atoms with Crippen LogP contribution in [0, 0.1) is 29.1 Å². The minimum absolute atomic E-state index is 0.0111. The number of carbonyl (C=O) groups is 2. The zero-order valence-corrected chi connectivity index (χ0v) is 42.4. The van der Waals surface area contributed by atoms with Crippen LogP contribution in [0.2, 0.25) is 0 Å². The Labute approximate surface area is 408 Å². The Morgan fingerprint density at radius 2 is 1.12 bits per heavy atom. The standard InChI is InChI=1S/C19H20N2OS2.C17H18N2S2.C9H6N2S.C8H14O/c1-3-12-8-9-13-16(10-12)24-18(20-11(2)22)17(13)19-21-14-6-4-5-7-15(14)23-19;1-2-10-7-8-11-14(9-10)20-16(18)15(11)17-19-12-5-3-4-6-13(12)21-17;10-6-5-9-11-7-3-1-2-4-8(7)12-9;1-2-7-3-5-8(9)6-4-7/h4-7,12H,3,8-10H2,1-2H3,(H,20,22);3-6,10H,2,7-9,18H2,1H3;1-4H,5H2;7H,2-6H2,1H3. The normalized spacial score (nSPS) is 16.8. The zero-order valence-electron chi connectivity index (χ0n) is 38.3. The van der Waals surface area contributed by atoms with Crippen LogP contribution in [0.25, 0.3) is 51.8 Å². The van der Waals surface area contributed by atoms with E-state index in [1.54, 1.807) is 63.6 Å². The molecule has 2 unspecified atom stereocenters. The molecule has 0 bridgehead atoms. The van der Waals surface area contributed by atoms with Gasteiger partial charge in [-0.15, -0.1) is 56.7 Å². The number of anilines is 2. The van der Waals surface area contributed by atoms with Crippen molar-refractivity contribution in [2.24, 2.45) is 17.8 Å². The molecule has 1 saturated carbocycles. The molecule has 0 saturated heterocycles. The van der Waals surface area contributed by atoms with Crippen LogP contribution in [0.15, 0.2) is 72.8 Å². The highest BCUT2D eigenvalue weighted by atomic mass is 32.1. The molecule has 5 aromatic heterocycles. The number of Topliss-reactive ketones (excluding diaryl/α,β-unsaturated/α-hetero) is 1. The van der Waals surface area contributed by atoms with E-state index in [9.17, 15) is 9.59 Å². The number of nitrogen functional groups attached to an aromatic ring is 1. The van der Waals surface area contributed by atoms with Gasteiger partial charge in [0.05, 0.1) is 48.1 Å². The molecule has 3 aromatic carbocycles. The predicted molar refractivity (Wildman–Crippen MR) is 282 cm³/mol. The van der Waals surface area contributed by atoms with E-state index in [4.69, 9.17) is 21.0 Å². The first-order valence-electron chi connectivity index (χ1n) is 23.4. The summed E-state index contributed by atoms with van der Waals surface area (Å²) >= 11 is 8.61. The second-order valence-electron chi connectivity index (χ2n) is 17.4. The van der Waals surface area contributed by atoms with Gasteiger partial charge in [-0.05, 0) is 117 Å². The Balaban J connectivity index is 0.000000128. The van der Waals surface area contributed by atoms with Crippen molar-refractivity contribution < 1.29 is 9.59 Å². The second-order valence-corrected chi connectivity index (χ2v) is 22.9. The third kappa shape index (κ3) is 11.3. The molecule has 11 rings (SSSR count). The van der Waals surface area contributed by atoms with E-state index in [0.29, 0.717) is 12.2 Å². The van der Waals surface area contributed by atoms with Crippen molar-refractivity contribution in [3.8, 4) is 27.2 Å². The molecule has 66 heavy (non-hydrogen) atoms. The molecule has 3 aliphatic carbocycles. The number of ketones is 1. The Morgan fingerprint density at radius 3 is 1.62 bits per heavy atom. The van der Waals surface area contributed by atoms with E-state index < -0.39 is 0 Å². The number of thiazole rings is 3. The predicted octanol–water partition coefficient (Wildman–Crippen LogP) is 15.1. The summed E-state index contributed by atoms with van der Waals surface area (Å²) in [5.41, 5.74) is 14.7. The van der Waals surface area contributed by atoms with Gasteiger partial charge in [-0.25, -0.2) is 15.0 Å². The number of hydrogen-bond donors (Lipinski definition) is 2. The van der Waals surface area contributed by atoms with Crippen molar-refractivity contribution in [1.29, 1.82) is 5.26 Å². The average Bonchev–Trinajstić information content (AvgIpc) is 4.17. The van der Waals surface area contributed by atoms with Crippen LogP contribution < -0.4 is 11.1 Å². The molecule has 3 N–H and O–H groups in total. The van der Waals surface area contributed by atoms with Gasteiger partial charge in [-0.1, -0.05) is 76.4 Å². The summed E-state index contributed by atoms with van der Waals surface area (Å²) in [5.74, 6) is 2.91. The molecule has 2 atom stereocenters. The largest absolute Gasteiger partial charge is 0.390 e. The van der Waals surface area contributed by atoms with Crippen molar-refractivity contribution in [2.75, 3.05) is 11.1 Å². The summed E-state index contributed by atoms with van der Waals surface area (Å²) in [5, 5.41) is 16.5. The summed E-state index contributed by atoms with van der Waals surface area (Å²) < 4.78 is 3.60. The monoisotopic (exact) mass is 970 g/mol. The van der Waals surface area contributed by atoms with E-state index >= 15 is 0 Å². The molecule has 1 amide bonds. The smallest absolute Gasteiger partial charge is 0.221 e. The van der Waals surface area contributed by atoms with Gasteiger partial charge in [-0.3, -0.25) is 9.59 Å². The lowest BCUT2D eigenvalue weighted by Crippen LogP contribution is -2.12. The molecule has 0 radical (unpaired) electrons. The Morgan fingerprint density at radius 1 is 0.652 bits per heavy atom. The number of nitrogens with zero attached hydrogens (tertiary/aromatic N) is 4. The SMILES string of the molecule is CCC1CCC(=O)CC1.CCC1CCc2c(sc(N)c2-c2nc3ccccc3s2)C1.CCC1CCc2c(sc(NC(C)=O)c2-c2nc3ccccc3s2)C1.N#CCc1nc2ccccc2s1. The van der Waals surface area contributed by atoms with Crippen LogP contribution in [0.3, 0.4) is 0 Å². The molecule has 3 aliphatic rings. The van der Waals surface area contributed by atoms with E-state index in [1.165, 1.54) is 79.9 Å². The highest BCUT2D eigenvalue weighted by molar-refractivity contribution is 7.23. The molecule has 8 nitrogen and oxygen atoms in total. The third-order valence-corrected chi connectivity index (χ3v) is 18.4. The molecule has 13 heteroatoms. The molecule has 1 fully saturated rings. The van der Waals surface area contributed by atoms with Gasteiger partial charge in [0.2, 0.25) is 5.91 Å². The first-order chi connectivity index (χ1) is 32.1. The van der Waals surface area contributed by atoms with Crippen molar-refractivity contribution in [3.05, 3.63) is 98.7 Å². The minimum atomic E-state index is -0.0111. The lowest BCUT2D eigenvalue weighted by Gasteiger charge is -2.21. The average molecular weight is 971 g/mol. The highest BCUT2D eigenvalue weighted by Crippen LogP contribution is 2.48. The number of benzene rings is 3. The van der Waals surface area contributed by atoms with Crippen LogP contribution in [-0.4, -0.2) is 26.6 Å². The number of fused-ring (bicyclic) bond motifs is 5. The van der Waals surface area contributed by atoms with Crippen LogP contribution in [0.4, 0.5) is 10.0 Å². The van der Waals surface area contributed by atoms with Crippen molar-refractivity contribution in [3.63, 3.8) is 0 Å².